The molecule has 0 fully saturated rings. The van der Waals surface area contributed by atoms with Crippen molar-refractivity contribution in [1.82, 2.24) is 24.5 Å². The van der Waals surface area contributed by atoms with E-state index in [0.29, 0.717) is 0 Å². The molecule has 0 aromatic carbocycles. The van der Waals surface area contributed by atoms with Gasteiger partial charge in [0.25, 0.3) is 0 Å². The number of hydrogen-bond acceptors (Lipinski definition) is 3. The summed E-state index contributed by atoms with van der Waals surface area (Å²) in [6.07, 6.45) is 2.03. The zero-order valence-corrected chi connectivity index (χ0v) is 13.3. The Balaban J connectivity index is 2.29. The maximum absolute atomic E-state index is 4.72. The van der Waals surface area contributed by atoms with E-state index in [-0.39, 0.29) is 0 Å². The van der Waals surface area contributed by atoms with E-state index in [1.807, 2.05) is 50.0 Å². The Morgan fingerprint density at radius 3 is 2.75 bits per heavy atom. The molecule has 0 spiro atoms. The fraction of sp³-hybridized carbons (Fsp3) is 0.286. The maximum atomic E-state index is 4.72. The van der Waals surface area contributed by atoms with Crippen molar-refractivity contribution in [3.8, 4) is 5.82 Å². The van der Waals surface area contributed by atoms with Gasteiger partial charge >= 0.3 is 0 Å². The van der Waals surface area contributed by atoms with Crippen molar-refractivity contribution in [3.63, 3.8) is 0 Å². The number of pyridine rings is 1. The molecule has 0 amide bonds. The molecule has 0 aliphatic rings. The molecule has 104 valence electrons. The predicted molar refractivity (Wildman–Crippen MR) is 82.3 cm³/mol. The Labute approximate surface area is 125 Å². The highest BCUT2D eigenvalue weighted by atomic mass is 79.9. The Morgan fingerprint density at radius 2 is 2.10 bits per heavy atom. The highest BCUT2D eigenvalue weighted by Gasteiger charge is 2.18. The highest BCUT2D eigenvalue weighted by molar-refractivity contribution is 9.10. The number of aryl methyl sites for hydroxylation is 1. The minimum atomic E-state index is 0.733. The van der Waals surface area contributed by atoms with E-state index < -0.39 is 0 Å². The minimum Gasteiger partial charge on any atom is -0.314 e. The summed E-state index contributed by atoms with van der Waals surface area (Å²) in [7, 11) is 1.93. The quantitative estimate of drug-likeness (QED) is 0.801. The number of imidazole rings is 1. The Bertz CT molecular complexity index is 771. The molecule has 0 aliphatic carbocycles. The zero-order chi connectivity index (χ0) is 14.3. The summed E-state index contributed by atoms with van der Waals surface area (Å²) in [6.45, 7) is 4.76. The molecule has 0 radical (unpaired) electrons. The number of hydrogen-bond donors (Lipinski definition) is 1. The average molecular weight is 334 g/mol. The molecule has 0 bridgehead atoms. The van der Waals surface area contributed by atoms with Gasteiger partial charge in [0, 0.05) is 12.7 Å². The van der Waals surface area contributed by atoms with Crippen molar-refractivity contribution in [2.24, 2.45) is 0 Å². The predicted octanol–water partition coefficient (Wildman–Crippen LogP) is 2.62. The lowest BCUT2D eigenvalue weighted by atomic mass is 10.3. The molecule has 0 aliphatic heterocycles. The molecule has 3 heterocycles. The Kier molecular flexibility index (Phi) is 3.35. The first-order valence-corrected chi connectivity index (χ1v) is 7.25. The van der Waals surface area contributed by atoms with E-state index in [2.05, 4.69) is 30.7 Å². The number of aromatic nitrogens is 4. The van der Waals surface area contributed by atoms with Gasteiger partial charge in [0.05, 0.1) is 21.6 Å². The topological polar surface area (TPSA) is 47.2 Å². The van der Waals surface area contributed by atoms with E-state index in [9.17, 15) is 0 Å². The minimum absolute atomic E-state index is 0.733. The zero-order valence-electron chi connectivity index (χ0n) is 11.7. The van der Waals surface area contributed by atoms with Gasteiger partial charge in [0.2, 0.25) is 0 Å². The van der Waals surface area contributed by atoms with Crippen LogP contribution in [0.5, 0.6) is 0 Å². The van der Waals surface area contributed by atoms with Gasteiger partial charge in [0.1, 0.15) is 5.65 Å². The lowest BCUT2D eigenvalue weighted by Gasteiger charge is -2.05. The SMILES string of the molecule is CNCc1c(-n2nc(C)c(Br)c2C)nc2ccccn12. The fourth-order valence-electron chi connectivity index (χ4n) is 2.37. The van der Waals surface area contributed by atoms with Crippen molar-refractivity contribution in [2.45, 2.75) is 20.4 Å². The first-order valence-electron chi connectivity index (χ1n) is 6.46. The van der Waals surface area contributed by atoms with Crippen LogP contribution in [0.25, 0.3) is 11.5 Å². The molecule has 0 unspecified atom stereocenters. The number of fused-ring (bicyclic) bond motifs is 1. The molecule has 20 heavy (non-hydrogen) atoms. The third kappa shape index (κ3) is 1.96. The van der Waals surface area contributed by atoms with Gasteiger partial charge in [-0.25, -0.2) is 9.67 Å². The molecule has 0 saturated heterocycles. The largest absolute Gasteiger partial charge is 0.314 e. The smallest absolute Gasteiger partial charge is 0.177 e. The molecular weight excluding hydrogens is 318 g/mol. The maximum Gasteiger partial charge on any atom is 0.177 e. The van der Waals surface area contributed by atoms with Gasteiger partial charge in [-0.15, -0.1) is 0 Å². The van der Waals surface area contributed by atoms with Crippen LogP contribution in [0.3, 0.4) is 0 Å². The summed E-state index contributed by atoms with van der Waals surface area (Å²) in [5, 5.41) is 7.78. The van der Waals surface area contributed by atoms with E-state index in [1.54, 1.807) is 0 Å². The Hall–Kier alpha value is -1.66. The summed E-state index contributed by atoms with van der Waals surface area (Å²) in [4.78, 5) is 4.72. The molecule has 3 aromatic rings. The van der Waals surface area contributed by atoms with Crippen LogP contribution in [0.1, 0.15) is 17.1 Å². The third-order valence-electron chi connectivity index (χ3n) is 3.36. The number of halogens is 1. The van der Waals surface area contributed by atoms with Gasteiger partial charge in [-0.05, 0) is 49.0 Å². The lowest BCUT2D eigenvalue weighted by Crippen LogP contribution is -2.12. The lowest BCUT2D eigenvalue weighted by molar-refractivity contribution is 0.743. The standard InChI is InChI=1S/C14H16BrN5/c1-9-13(15)10(2)20(18-9)14-11(8-16-3)19-7-5-4-6-12(19)17-14/h4-7,16H,8H2,1-3H3. The molecule has 0 atom stereocenters. The molecule has 3 rings (SSSR count). The Morgan fingerprint density at radius 1 is 1.30 bits per heavy atom. The van der Waals surface area contributed by atoms with Crippen molar-refractivity contribution < 1.29 is 0 Å². The normalized spacial score (nSPS) is 11.4. The van der Waals surface area contributed by atoms with Crippen LogP contribution >= 0.6 is 15.9 Å². The van der Waals surface area contributed by atoms with E-state index >= 15 is 0 Å². The van der Waals surface area contributed by atoms with Gasteiger partial charge in [-0.2, -0.15) is 5.10 Å². The molecule has 6 heteroatoms. The second-order valence-electron chi connectivity index (χ2n) is 4.74. The second-order valence-corrected chi connectivity index (χ2v) is 5.53. The van der Waals surface area contributed by atoms with Crippen LogP contribution in [-0.2, 0) is 6.54 Å². The number of nitrogens with one attached hydrogen (secondary N) is 1. The van der Waals surface area contributed by atoms with Crippen molar-refractivity contribution in [1.29, 1.82) is 0 Å². The van der Waals surface area contributed by atoms with Crippen LogP contribution in [0, 0.1) is 13.8 Å². The van der Waals surface area contributed by atoms with Crippen molar-refractivity contribution in [2.75, 3.05) is 7.05 Å². The first-order chi connectivity index (χ1) is 9.63. The van der Waals surface area contributed by atoms with Crippen molar-refractivity contribution >= 4 is 21.6 Å². The van der Waals surface area contributed by atoms with Crippen LogP contribution in [0.4, 0.5) is 0 Å². The summed E-state index contributed by atoms with van der Waals surface area (Å²) >= 11 is 3.57. The third-order valence-corrected chi connectivity index (χ3v) is 4.50. The number of nitrogens with zero attached hydrogens (tertiary/aromatic N) is 4. The number of rotatable bonds is 3. The fourth-order valence-corrected chi connectivity index (χ4v) is 2.61. The molecule has 1 N–H and O–H groups in total. The van der Waals surface area contributed by atoms with Crippen LogP contribution < -0.4 is 5.32 Å². The van der Waals surface area contributed by atoms with Gasteiger partial charge < -0.3 is 9.72 Å². The van der Waals surface area contributed by atoms with E-state index in [0.717, 1.165) is 39.6 Å². The summed E-state index contributed by atoms with van der Waals surface area (Å²) < 4.78 is 5.03. The summed E-state index contributed by atoms with van der Waals surface area (Å²) in [5.41, 5.74) is 4.05. The van der Waals surface area contributed by atoms with E-state index in [4.69, 9.17) is 4.98 Å². The molecule has 0 saturated carbocycles. The van der Waals surface area contributed by atoms with Crippen LogP contribution in [-0.4, -0.2) is 26.2 Å². The van der Waals surface area contributed by atoms with Gasteiger partial charge in [0.15, 0.2) is 5.82 Å². The van der Waals surface area contributed by atoms with Gasteiger partial charge in [-0.3, -0.25) is 0 Å². The van der Waals surface area contributed by atoms with Crippen molar-refractivity contribution in [3.05, 3.63) is 46.0 Å². The highest BCUT2D eigenvalue weighted by Crippen LogP contribution is 2.25. The van der Waals surface area contributed by atoms with Crippen LogP contribution in [0.2, 0.25) is 0 Å². The molecule has 5 nitrogen and oxygen atoms in total. The monoisotopic (exact) mass is 333 g/mol. The van der Waals surface area contributed by atoms with Crippen LogP contribution in [0.15, 0.2) is 28.9 Å². The molecular formula is C14H16BrN5. The van der Waals surface area contributed by atoms with Gasteiger partial charge in [-0.1, -0.05) is 6.07 Å². The molecule has 3 aromatic heterocycles. The first kappa shape index (κ1) is 13.3. The average Bonchev–Trinajstić information content (AvgIpc) is 2.93. The van der Waals surface area contributed by atoms with E-state index in [1.165, 1.54) is 0 Å². The summed E-state index contributed by atoms with van der Waals surface area (Å²) in [5.74, 6) is 0.872. The summed E-state index contributed by atoms with van der Waals surface area (Å²) in [6, 6.07) is 6.00. The second kappa shape index (κ2) is 5.03.